The van der Waals surface area contributed by atoms with Gasteiger partial charge in [-0.05, 0) is 65.4 Å². The largest absolute Gasteiger partial charge is 0.392 e. The standard InChI is InChI=1S/C39H40N2O6/c1-45-25-32-8-5-19-40(32)23-33-21-36(29-13-11-26(24-42)12-14-29)47-39(46-33)30-17-15-28(16-18-30)31-7-4-6-27(20-31)22-41-37(43)34-9-2-3-10-35(34)38(41)44/h2-4,6-7,9-18,20,32-33,36,39,42H,5,8,19,21-25H2,1H3. The van der Waals surface area contributed by atoms with E-state index in [1.807, 2.05) is 48.5 Å². The van der Waals surface area contributed by atoms with Crippen molar-refractivity contribution in [2.75, 3.05) is 26.8 Å². The third-order valence-electron chi connectivity index (χ3n) is 9.57. The molecule has 3 aliphatic heterocycles. The number of likely N-dealkylation sites (tertiary alicyclic amines) is 1. The van der Waals surface area contributed by atoms with Crippen LogP contribution in [0.5, 0.6) is 0 Å². The SMILES string of the molecule is COCC1CCCN1CC1CC(c2ccc(CO)cc2)OC(c2ccc(-c3cccc(CN4C(=O)c5ccccc5C4=O)c3)cc2)O1. The molecule has 3 heterocycles. The van der Waals surface area contributed by atoms with Crippen LogP contribution in [0.1, 0.15) is 74.6 Å². The van der Waals surface area contributed by atoms with Gasteiger partial charge in [0.1, 0.15) is 0 Å². The third kappa shape index (κ3) is 6.66. The summed E-state index contributed by atoms with van der Waals surface area (Å²) in [5, 5.41) is 9.54. The molecule has 0 saturated carbocycles. The predicted octanol–water partition coefficient (Wildman–Crippen LogP) is 6.30. The van der Waals surface area contributed by atoms with Crippen molar-refractivity contribution in [3.8, 4) is 11.1 Å². The maximum atomic E-state index is 12.9. The molecule has 4 aromatic carbocycles. The highest BCUT2D eigenvalue weighted by molar-refractivity contribution is 6.21. The van der Waals surface area contributed by atoms with Crippen LogP contribution in [0.3, 0.4) is 0 Å². The van der Waals surface area contributed by atoms with E-state index < -0.39 is 6.29 Å². The van der Waals surface area contributed by atoms with E-state index in [0.717, 1.165) is 72.3 Å². The molecule has 0 spiro atoms. The first-order valence-corrected chi connectivity index (χ1v) is 16.4. The fourth-order valence-electron chi connectivity index (χ4n) is 7.06. The number of carbonyl (C=O) groups excluding carboxylic acids is 2. The maximum absolute atomic E-state index is 12.9. The lowest BCUT2D eigenvalue weighted by Crippen LogP contribution is -2.42. The predicted molar refractivity (Wildman–Crippen MR) is 177 cm³/mol. The number of methoxy groups -OCH3 is 1. The second-order valence-corrected chi connectivity index (χ2v) is 12.7. The van der Waals surface area contributed by atoms with Crippen molar-refractivity contribution < 1.29 is 28.9 Å². The lowest BCUT2D eigenvalue weighted by Gasteiger charge is -2.38. The van der Waals surface area contributed by atoms with E-state index in [-0.39, 0.29) is 37.2 Å². The summed E-state index contributed by atoms with van der Waals surface area (Å²) in [6.45, 7) is 2.80. The fraction of sp³-hybridized carbons (Fsp3) is 0.333. The summed E-state index contributed by atoms with van der Waals surface area (Å²) in [6.07, 6.45) is 2.33. The quantitative estimate of drug-likeness (QED) is 0.205. The number of amides is 2. The van der Waals surface area contributed by atoms with Gasteiger partial charge in [-0.25, -0.2) is 0 Å². The lowest BCUT2D eigenvalue weighted by molar-refractivity contribution is -0.253. The average Bonchev–Trinajstić information content (AvgIpc) is 3.65. The van der Waals surface area contributed by atoms with Crippen LogP contribution in [0.25, 0.3) is 11.1 Å². The summed E-state index contributed by atoms with van der Waals surface area (Å²) in [6, 6.07) is 31.5. The molecule has 7 rings (SSSR count). The van der Waals surface area contributed by atoms with E-state index in [0.29, 0.717) is 17.2 Å². The molecule has 8 nitrogen and oxygen atoms in total. The summed E-state index contributed by atoms with van der Waals surface area (Å²) in [7, 11) is 1.76. The summed E-state index contributed by atoms with van der Waals surface area (Å²) in [5.74, 6) is -0.513. The van der Waals surface area contributed by atoms with Crippen LogP contribution in [0.2, 0.25) is 0 Å². The zero-order valence-corrected chi connectivity index (χ0v) is 26.6. The van der Waals surface area contributed by atoms with Gasteiger partial charge in [0.15, 0.2) is 6.29 Å². The van der Waals surface area contributed by atoms with Crippen LogP contribution in [-0.2, 0) is 27.4 Å². The highest BCUT2D eigenvalue weighted by Gasteiger charge is 2.36. The van der Waals surface area contributed by atoms with Crippen molar-refractivity contribution in [3.63, 3.8) is 0 Å². The number of aliphatic hydroxyl groups is 1. The third-order valence-corrected chi connectivity index (χ3v) is 9.57. The Morgan fingerprint density at radius 1 is 0.809 bits per heavy atom. The number of ether oxygens (including phenoxy) is 3. The van der Waals surface area contributed by atoms with Crippen molar-refractivity contribution in [2.24, 2.45) is 0 Å². The van der Waals surface area contributed by atoms with Crippen LogP contribution in [-0.4, -0.2) is 65.7 Å². The van der Waals surface area contributed by atoms with Crippen LogP contribution in [0, 0.1) is 0 Å². The number of nitrogens with zero attached hydrogens (tertiary/aromatic N) is 2. The molecule has 4 aromatic rings. The monoisotopic (exact) mass is 632 g/mol. The average molecular weight is 633 g/mol. The number of rotatable bonds is 10. The smallest absolute Gasteiger partial charge is 0.261 e. The molecule has 2 fully saturated rings. The summed E-state index contributed by atoms with van der Waals surface area (Å²) < 4.78 is 18.7. The number of carbonyl (C=O) groups is 2. The van der Waals surface area contributed by atoms with Gasteiger partial charge in [-0.2, -0.15) is 0 Å². The molecule has 0 aliphatic carbocycles. The normalized spacial score (nSPS) is 23.0. The number of hydrogen-bond donors (Lipinski definition) is 1. The summed E-state index contributed by atoms with van der Waals surface area (Å²) in [4.78, 5) is 29.6. The Labute approximate surface area is 275 Å². The van der Waals surface area contributed by atoms with E-state index >= 15 is 0 Å². The molecule has 4 atom stereocenters. The Morgan fingerprint density at radius 3 is 2.23 bits per heavy atom. The first-order valence-electron chi connectivity index (χ1n) is 16.4. The van der Waals surface area contributed by atoms with Crippen molar-refractivity contribution in [1.82, 2.24) is 9.80 Å². The first kappa shape index (κ1) is 31.4. The minimum absolute atomic E-state index is 0.00797. The van der Waals surface area contributed by atoms with Crippen molar-refractivity contribution >= 4 is 11.8 Å². The van der Waals surface area contributed by atoms with E-state index in [2.05, 4.69) is 29.2 Å². The molecule has 0 radical (unpaired) electrons. The molecule has 0 aromatic heterocycles. The van der Waals surface area contributed by atoms with Crippen LogP contribution in [0.15, 0.2) is 97.1 Å². The van der Waals surface area contributed by atoms with Gasteiger partial charge >= 0.3 is 0 Å². The maximum Gasteiger partial charge on any atom is 0.261 e. The van der Waals surface area contributed by atoms with Gasteiger partial charge < -0.3 is 19.3 Å². The van der Waals surface area contributed by atoms with Gasteiger partial charge in [-0.15, -0.1) is 0 Å². The highest BCUT2D eigenvalue weighted by Crippen LogP contribution is 2.39. The number of fused-ring (bicyclic) bond motifs is 1. The lowest BCUT2D eigenvalue weighted by atomic mass is 9.98. The first-order chi connectivity index (χ1) is 23.0. The Balaban J connectivity index is 1.08. The molecule has 0 bridgehead atoms. The van der Waals surface area contributed by atoms with Gasteiger partial charge in [0.2, 0.25) is 0 Å². The van der Waals surface area contributed by atoms with E-state index in [4.69, 9.17) is 14.2 Å². The Bertz CT molecular complexity index is 1690. The topological polar surface area (TPSA) is 88.5 Å². The highest BCUT2D eigenvalue weighted by atomic mass is 16.7. The molecular weight excluding hydrogens is 592 g/mol. The van der Waals surface area contributed by atoms with Crippen molar-refractivity contribution in [1.29, 1.82) is 0 Å². The second-order valence-electron chi connectivity index (χ2n) is 12.7. The Hall–Kier alpha value is -4.18. The van der Waals surface area contributed by atoms with Crippen LogP contribution in [0.4, 0.5) is 0 Å². The Kier molecular flexibility index (Phi) is 9.29. The molecular formula is C39H40N2O6. The zero-order valence-electron chi connectivity index (χ0n) is 26.6. The fourth-order valence-corrected chi connectivity index (χ4v) is 7.06. The van der Waals surface area contributed by atoms with E-state index in [9.17, 15) is 14.7 Å². The minimum atomic E-state index is -0.533. The number of benzene rings is 4. The van der Waals surface area contributed by atoms with E-state index in [1.54, 1.807) is 31.4 Å². The molecule has 242 valence electrons. The van der Waals surface area contributed by atoms with Gasteiger partial charge in [0.05, 0.1) is 43.1 Å². The molecule has 2 saturated heterocycles. The molecule has 8 heteroatoms. The molecule has 2 amide bonds. The zero-order chi connectivity index (χ0) is 32.3. The minimum Gasteiger partial charge on any atom is -0.392 e. The van der Waals surface area contributed by atoms with Gasteiger partial charge in [-0.1, -0.05) is 78.9 Å². The van der Waals surface area contributed by atoms with Crippen LogP contribution >= 0.6 is 0 Å². The Morgan fingerprint density at radius 2 is 1.53 bits per heavy atom. The number of imide groups is 1. The second kappa shape index (κ2) is 13.9. The van der Waals surface area contributed by atoms with Crippen LogP contribution < -0.4 is 0 Å². The van der Waals surface area contributed by atoms with Gasteiger partial charge in [0.25, 0.3) is 11.8 Å². The molecule has 47 heavy (non-hydrogen) atoms. The molecule has 4 unspecified atom stereocenters. The van der Waals surface area contributed by atoms with E-state index in [1.165, 1.54) is 4.90 Å². The summed E-state index contributed by atoms with van der Waals surface area (Å²) in [5.41, 5.74) is 6.68. The van der Waals surface area contributed by atoms with Gasteiger partial charge in [0, 0.05) is 31.7 Å². The number of hydrogen-bond acceptors (Lipinski definition) is 7. The summed E-state index contributed by atoms with van der Waals surface area (Å²) >= 11 is 0. The van der Waals surface area contributed by atoms with Crippen molar-refractivity contribution in [2.45, 2.75) is 57.0 Å². The van der Waals surface area contributed by atoms with Gasteiger partial charge in [-0.3, -0.25) is 19.4 Å². The molecule has 3 aliphatic rings. The molecule has 1 N–H and O–H groups in total. The number of aliphatic hydroxyl groups excluding tert-OH is 1. The van der Waals surface area contributed by atoms with Crippen molar-refractivity contribution in [3.05, 3.63) is 130 Å².